The van der Waals surface area contributed by atoms with Crippen molar-refractivity contribution in [2.24, 2.45) is 4.99 Å². The number of hydrogen-bond acceptors (Lipinski definition) is 5. The van der Waals surface area contributed by atoms with Crippen LogP contribution in [0.15, 0.2) is 41.4 Å². The Labute approximate surface area is 185 Å². The number of nitrogens with zero attached hydrogens (tertiary/aromatic N) is 1. The second kappa shape index (κ2) is 13.4. The van der Waals surface area contributed by atoms with E-state index in [0.717, 1.165) is 33.9 Å². The van der Waals surface area contributed by atoms with Gasteiger partial charge >= 0.3 is 0 Å². The fraction of sp³-hybridized carbons (Fsp3) is 0.458. The summed E-state index contributed by atoms with van der Waals surface area (Å²) in [5.74, 6) is 3.03. The summed E-state index contributed by atoms with van der Waals surface area (Å²) >= 11 is 0. The number of rotatable bonds is 12. The first-order valence-electron chi connectivity index (χ1n) is 10.7. The van der Waals surface area contributed by atoms with E-state index in [-0.39, 0.29) is 0 Å². The highest BCUT2D eigenvalue weighted by Crippen LogP contribution is 2.28. The molecule has 7 nitrogen and oxygen atoms in total. The third-order valence-electron chi connectivity index (χ3n) is 4.57. The molecule has 0 spiro atoms. The summed E-state index contributed by atoms with van der Waals surface area (Å²) < 4.78 is 22.3. The fourth-order valence-corrected chi connectivity index (χ4v) is 2.98. The van der Waals surface area contributed by atoms with Gasteiger partial charge in [-0.15, -0.1) is 0 Å². The van der Waals surface area contributed by atoms with Gasteiger partial charge in [0.15, 0.2) is 17.5 Å². The van der Waals surface area contributed by atoms with Crippen LogP contribution in [0, 0.1) is 6.92 Å². The number of nitrogens with one attached hydrogen (secondary N) is 2. The predicted octanol–water partition coefficient (Wildman–Crippen LogP) is 3.68. The van der Waals surface area contributed by atoms with Crippen molar-refractivity contribution in [2.45, 2.75) is 33.9 Å². The Bertz CT molecular complexity index is 840. The number of hydrogen-bond donors (Lipinski definition) is 2. The van der Waals surface area contributed by atoms with E-state index in [1.165, 1.54) is 0 Å². The van der Waals surface area contributed by atoms with Crippen LogP contribution in [0.5, 0.6) is 17.2 Å². The standard InChI is InChI=1S/C24H35N3O4/c1-6-29-12-13-31-22-14-18(3)8-10-20(22)17-27-24(25-4)26-16-19-9-11-21(28-5)23(15-19)30-7-2/h8-11,14-15H,6-7,12-13,16-17H2,1-5H3,(H2,25,26,27). The average molecular weight is 430 g/mol. The molecule has 0 saturated carbocycles. The zero-order valence-electron chi connectivity index (χ0n) is 19.3. The quantitative estimate of drug-likeness (QED) is 0.305. The summed E-state index contributed by atoms with van der Waals surface area (Å²) in [5, 5.41) is 6.69. The predicted molar refractivity (Wildman–Crippen MR) is 124 cm³/mol. The number of ether oxygens (including phenoxy) is 4. The molecule has 31 heavy (non-hydrogen) atoms. The Balaban J connectivity index is 1.95. The molecule has 170 valence electrons. The summed E-state index contributed by atoms with van der Waals surface area (Å²) in [5.41, 5.74) is 3.29. The first-order chi connectivity index (χ1) is 15.1. The molecule has 0 saturated heterocycles. The van der Waals surface area contributed by atoms with Crippen molar-refractivity contribution in [2.75, 3.05) is 40.6 Å². The molecule has 0 unspecified atom stereocenters. The van der Waals surface area contributed by atoms with E-state index in [0.29, 0.717) is 45.5 Å². The average Bonchev–Trinajstić information content (AvgIpc) is 2.78. The molecule has 0 aliphatic carbocycles. The van der Waals surface area contributed by atoms with Gasteiger partial charge < -0.3 is 29.6 Å². The highest BCUT2D eigenvalue weighted by Gasteiger charge is 2.08. The molecule has 0 aromatic heterocycles. The third kappa shape index (κ3) is 8.02. The molecule has 0 heterocycles. The van der Waals surface area contributed by atoms with Crippen LogP contribution in [-0.4, -0.2) is 46.5 Å². The van der Waals surface area contributed by atoms with Gasteiger partial charge in [-0.2, -0.15) is 0 Å². The molecule has 0 fully saturated rings. The lowest BCUT2D eigenvalue weighted by Gasteiger charge is -2.16. The van der Waals surface area contributed by atoms with Crippen LogP contribution in [0.3, 0.4) is 0 Å². The molecule has 2 aromatic carbocycles. The summed E-state index contributed by atoms with van der Waals surface area (Å²) in [6, 6.07) is 12.1. The molecule has 0 aliphatic heterocycles. The first-order valence-corrected chi connectivity index (χ1v) is 10.7. The molecule has 0 radical (unpaired) electrons. The minimum atomic E-state index is 0.525. The maximum absolute atomic E-state index is 5.92. The summed E-state index contributed by atoms with van der Waals surface area (Å²) in [7, 11) is 3.39. The topological polar surface area (TPSA) is 73.3 Å². The van der Waals surface area contributed by atoms with Crippen LogP contribution in [-0.2, 0) is 17.8 Å². The smallest absolute Gasteiger partial charge is 0.191 e. The summed E-state index contributed by atoms with van der Waals surface area (Å²) in [6.45, 7) is 9.56. The van der Waals surface area contributed by atoms with Crippen LogP contribution in [0.2, 0.25) is 0 Å². The maximum Gasteiger partial charge on any atom is 0.191 e. The zero-order valence-corrected chi connectivity index (χ0v) is 19.3. The van der Waals surface area contributed by atoms with E-state index in [1.54, 1.807) is 14.2 Å². The van der Waals surface area contributed by atoms with E-state index >= 15 is 0 Å². The van der Waals surface area contributed by atoms with Gasteiger partial charge in [0.05, 0.1) is 20.3 Å². The van der Waals surface area contributed by atoms with Gasteiger partial charge in [0.2, 0.25) is 0 Å². The lowest BCUT2D eigenvalue weighted by atomic mass is 10.1. The largest absolute Gasteiger partial charge is 0.493 e. The lowest BCUT2D eigenvalue weighted by molar-refractivity contribution is 0.110. The third-order valence-corrected chi connectivity index (χ3v) is 4.57. The van der Waals surface area contributed by atoms with Crippen molar-refractivity contribution in [3.63, 3.8) is 0 Å². The van der Waals surface area contributed by atoms with E-state index in [2.05, 4.69) is 34.7 Å². The van der Waals surface area contributed by atoms with Crippen LogP contribution in [0.1, 0.15) is 30.5 Å². The fourth-order valence-electron chi connectivity index (χ4n) is 2.98. The molecule has 0 amide bonds. The highest BCUT2D eigenvalue weighted by atomic mass is 16.5. The van der Waals surface area contributed by atoms with Crippen LogP contribution in [0.25, 0.3) is 0 Å². The van der Waals surface area contributed by atoms with E-state index < -0.39 is 0 Å². The van der Waals surface area contributed by atoms with Crippen molar-refractivity contribution >= 4 is 5.96 Å². The van der Waals surface area contributed by atoms with Gasteiger partial charge in [-0.05, 0) is 50.1 Å². The molecule has 0 aliphatic rings. The van der Waals surface area contributed by atoms with Crippen molar-refractivity contribution < 1.29 is 18.9 Å². The molecule has 2 aromatic rings. The highest BCUT2D eigenvalue weighted by molar-refractivity contribution is 5.79. The monoisotopic (exact) mass is 429 g/mol. The molecule has 0 atom stereocenters. The van der Waals surface area contributed by atoms with Gasteiger partial charge in [0, 0.05) is 32.3 Å². The molecular weight excluding hydrogens is 394 g/mol. The second-order valence-corrected chi connectivity index (χ2v) is 6.85. The van der Waals surface area contributed by atoms with Crippen molar-refractivity contribution in [1.82, 2.24) is 10.6 Å². The SMILES string of the molecule is CCOCCOc1cc(C)ccc1CNC(=NC)NCc1ccc(OC)c(OCC)c1. The molecular formula is C24H35N3O4. The number of aliphatic imine (C=N–C) groups is 1. The van der Waals surface area contributed by atoms with Crippen LogP contribution >= 0.6 is 0 Å². The molecule has 0 bridgehead atoms. The van der Waals surface area contributed by atoms with Gasteiger partial charge in [0.1, 0.15) is 12.4 Å². The minimum absolute atomic E-state index is 0.525. The second-order valence-electron chi connectivity index (χ2n) is 6.85. The summed E-state index contributed by atoms with van der Waals surface area (Å²) in [4.78, 5) is 4.32. The van der Waals surface area contributed by atoms with E-state index in [4.69, 9.17) is 18.9 Å². The van der Waals surface area contributed by atoms with Crippen LogP contribution in [0.4, 0.5) is 0 Å². The number of methoxy groups -OCH3 is 1. The maximum atomic E-state index is 5.92. The normalized spacial score (nSPS) is 11.2. The molecule has 7 heteroatoms. The van der Waals surface area contributed by atoms with E-state index in [9.17, 15) is 0 Å². The Morgan fingerprint density at radius 2 is 1.68 bits per heavy atom. The van der Waals surface area contributed by atoms with Crippen molar-refractivity contribution in [3.8, 4) is 17.2 Å². The van der Waals surface area contributed by atoms with E-state index in [1.807, 2.05) is 38.1 Å². The zero-order chi connectivity index (χ0) is 22.5. The minimum Gasteiger partial charge on any atom is -0.493 e. The van der Waals surface area contributed by atoms with Crippen molar-refractivity contribution in [1.29, 1.82) is 0 Å². The molecule has 2 N–H and O–H groups in total. The Morgan fingerprint density at radius 1 is 0.871 bits per heavy atom. The Morgan fingerprint density at radius 3 is 2.39 bits per heavy atom. The van der Waals surface area contributed by atoms with Crippen molar-refractivity contribution in [3.05, 3.63) is 53.1 Å². The van der Waals surface area contributed by atoms with Crippen LogP contribution < -0.4 is 24.8 Å². The van der Waals surface area contributed by atoms with Gasteiger partial charge in [-0.1, -0.05) is 18.2 Å². The molecule has 2 rings (SSSR count). The van der Waals surface area contributed by atoms with Gasteiger partial charge in [-0.3, -0.25) is 4.99 Å². The lowest BCUT2D eigenvalue weighted by Crippen LogP contribution is -2.36. The number of benzene rings is 2. The Kier molecular flexibility index (Phi) is 10.5. The summed E-state index contributed by atoms with van der Waals surface area (Å²) in [6.07, 6.45) is 0. The first kappa shape index (κ1) is 24.3. The number of guanidine groups is 1. The van der Waals surface area contributed by atoms with Gasteiger partial charge in [0.25, 0.3) is 0 Å². The number of aryl methyl sites for hydroxylation is 1. The van der Waals surface area contributed by atoms with Gasteiger partial charge in [-0.25, -0.2) is 0 Å². The Hall–Kier alpha value is -2.93.